The number of nitrogens with one attached hydrogen (secondary N) is 2. The van der Waals surface area contributed by atoms with E-state index in [2.05, 4.69) is 25.1 Å². The first-order chi connectivity index (χ1) is 20.4. The van der Waals surface area contributed by atoms with Crippen molar-refractivity contribution in [2.24, 2.45) is 5.92 Å². The number of imidazole rings is 1. The number of hydrogen-bond acceptors (Lipinski definition) is 8. The number of aliphatic hydroxyl groups is 1. The summed E-state index contributed by atoms with van der Waals surface area (Å²) in [5, 5.41) is 27.5. The molecule has 1 amide bonds. The number of aliphatic hydroxyl groups excluding tert-OH is 1. The Kier molecular flexibility index (Phi) is 6.34. The third-order valence-electron chi connectivity index (χ3n) is 8.17. The van der Waals surface area contributed by atoms with Gasteiger partial charge in [-0.05, 0) is 47.4 Å². The molecular formula is C30H29FN8O3. The molecule has 0 aliphatic carbocycles. The van der Waals surface area contributed by atoms with Gasteiger partial charge in [-0.2, -0.15) is 5.10 Å². The van der Waals surface area contributed by atoms with E-state index in [1.807, 2.05) is 30.0 Å². The molecule has 214 valence electrons. The zero-order valence-corrected chi connectivity index (χ0v) is 22.9. The molecule has 0 unspecified atom stereocenters. The Bertz CT molecular complexity index is 1810. The number of benzene rings is 2. The van der Waals surface area contributed by atoms with Crippen molar-refractivity contribution < 1.29 is 19.4 Å². The van der Waals surface area contributed by atoms with Crippen molar-refractivity contribution >= 4 is 22.6 Å². The molecule has 0 spiro atoms. The van der Waals surface area contributed by atoms with Gasteiger partial charge in [-0.3, -0.25) is 9.89 Å². The van der Waals surface area contributed by atoms with Crippen LogP contribution in [0.4, 0.5) is 10.2 Å². The van der Waals surface area contributed by atoms with E-state index in [-0.39, 0.29) is 29.9 Å². The molecule has 5 heterocycles. The van der Waals surface area contributed by atoms with Gasteiger partial charge >= 0.3 is 0 Å². The maximum Gasteiger partial charge on any atom is 0.274 e. The van der Waals surface area contributed by atoms with Crippen LogP contribution in [0.25, 0.3) is 33.5 Å². The minimum atomic E-state index is -0.658. The molecule has 2 aromatic carbocycles. The van der Waals surface area contributed by atoms with Gasteiger partial charge in [0.25, 0.3) is 5.91 Å². The number of rotatable bonds is 6. The number of phenolic OH excluding ortho intramolecular Hbond substituents is 1. The van der Waals surface area contributed by atoms with Crippen molar-refractivity contribution in [2.45, 2.75) is 26.3 Å². The lowest BCUT2D eigenvalue weighted by atomic mass is 9.96. The zero-order valence-electron chi connectivity index (χ0n) is 22.9. The molecule has 3 aromatic heterocycles. The monoisotopic (exact) mass is 568 g/mol. The number of anilines is 1. The van der Waals surface area contributed by atoms with E-state index in [1.165, 1.54) is 18.3 Å². The highest BCUT2D eigenvalue weighted by atomic mass is 19.1. The second kappa shape index (κ2) is 10.2. The van der Waals surface area contributed by atoms with Crippen molar-refractivity contribution in [3.63, 3.8) is 0 Å². The predicted octanol–water partition coefficient (Wildman–Crippen LogP) is 3.44. The Morgan fingerprint density at radius 2 is 2.02 bits per heavy atom. The number of amides is 1. The fraction of sp³-hybridized carbons (Fsp3) is 0.300. The average Bonchev–Trinajstić information content (AvgIpc) is 3.61. The maximum absolute atomic E-state index is 14.2. The number of phenols is 1. The third kappa shape index (κ3) is 4.44. The van der Waals surface area contributed by atoms with Gasteiger partial charge in [-0.1, -0.05) is 13.0 Å². The maximum atomic E-state index is 14.2. The number of aromatic hydroxyl groups is 1. The molecule has 4 N–H and O–H groups in total. The van der Waals surface area contributed by atoms with E-state index in [9.17, 15) is 19.4 Å². The number of aryl methyl sites for hydroxylation is 1. The summed E-state index contributed by atoms with van der Waals surface area (Å²) in [4.78, 5) is 33.9. The highest BCUT2D eigenvalue weighted by Crippen LogP contribution is 2.34. The van der Waals surface area contributed by atoms with E-state index in [1.54, 1.807) is 11.1 Å². The summed E-state index contributed by atoms with van der Waals surface area (Å²) in [6.45, 7) is 4.47. The topological polar surface area (TPSA) is 147 Å². The summed E-state index contributed by atoms with van der Waals surface area (Å²) in [6.07, 6.45) is 4.37. The van der Waals surface area contributed by atoms with Crippen LogP contribution in [0.1, 0.15) is 34.4 Å². The second-order valence-electron chi connectivity index (χ2n) is 10.8. The van der Waals surface area contributed by atoms with E-state index >= 15 is 0 Å². The number of carbonyl (C=O) groups excluding carboxylic acids is 1. The molecule has 12 heteroatoms. The number of hydrogen-bond donors (Lipinski definition) is 4. The van der Waals surface area contributed by atoms with Crippen LogP contribution in [-0.2, 0) is 19.4 Å². The van der Waals surface area contributed by atoms with Gasteiger partial charge in [0, 0.05) is 44.0 Å². The first-order valence-corrected chi connectivity index (χ1v) is 14.0. The van der Waals surface area contributed by atoms with Crippen LogP contribution in [0.2, 0.25) is 0 Å². The van der Waals surface area contributed by atoms with Crippen LogP contribution in [0, 0.1) is 11.7 Å². The number of H-pyrrole nitrogens is 2. The Balaban J connectivity index is 1.09. The predicted molar refractivity (Wildman–Crippen MR) is 153 cm³/mol. The molecule has 0 saturated carbocycles. The van der Waals surface area contributed by atoms with E-state index in [0.29, 0.717) is 43.3 Å². The van der Waals surface area contributed by atoms with Gasteiger partial charge in [-0.15, -0.1) is 0 Å². The summed E-state index contributed by atoms with van der Waals surface area (Å²) < 4.78 is 14.2. The fourth-order valence-corrected chi connectivity index (χ4v) is 5.74. The Morgan fingerprint density at radius 1 is 1.17 bits per heavy atom. The average molecular weight is 569 g/mol. The summed E-state index contributed by atoms with van der Waals surface area (Å²) in [5.41, 5.74) is 5.85. The molecular weight excluding hydrogens is 539 g/mol. The number of halogens is 1. The van der Waals surface area contributed by atoms with Crippen LogP contribution in [0.15, 0.2) is 42.7 Å². The largest absolute Gasteiger partial charge is 0.505 e. The van der Waals surface area contributed by atoms with Crippen molar-refractivity contribution in [1.82, 2.24) is 35.0 Å². The number of carbonyl (C=O) groups is 1. The smallest absolute Gasteiger partial charge is 0.274 e. The quantitative estimate of drug-likeness (QED) is 0.244. The molecule has 0 radical (unpaired) electrons. The molecule has 0 atom stereocenters. The van der Waals surface area contributed by atoms with Gasteiger partial charge in [0.1, 0.15) is 17.2 Å². The van der Waals surface area contributed by atoms with Crippen LogP contribution < -0.4 is 4.90 Å². The molecule has 0 bridgehead atoms. The number of aromatic nitrogens is 6. The standard InChI is InChI=1S/C30H29FN8O3/c1-2-17-8-26(41)21(31)9-20(17)18-3-4-19-23(7-18)36-37-28(19)29-34-22-5-6-38(14-25(22)35-29)30(42)24-10-33-27(11-32-24)39-12-16(13-39)15-40/h3-4,7-11,16,40-41H,2,5-6,12-15H2,1H3,(H,34,35)(H,36,37). The normalized spacial score (nSPS) is 15.2. The molecule has 1 fully saturated rings. The fourth-order valence-electron chi connectivity index (χ4n) is 5.74. The van der Waals surface area contributed by atoms with Crippen LogP contribution >= 0.6 is 0 Å². The molecule has 2 aliphatic rings. The van der Waals surface area contributed by atoms with E-state index in [0.717, 1.165) is 52.1 Å². The van der Waals surface area contributed by atoms with Crippen LogP contribution in [0.3, 0.4) is 0 Å². The summed E-state index contributed by atoms with van der Waals surface area (Å²) in [7, 11) is 0. The highest BCUT2D eigenvalue weighted by molar-refractivity contribution is 5.94. The highest BCUT2D eigenvalue weighted by Gasteiger charge is 2.29. The lowest BCUT2D eigenvalue weighted by molar-refractivity contribution is 0.0725. The minimum absolute atomic E-state index is 0.160. The van der Waals surface area contributed by atoms with Gasteiger partial charge < -0.3 is 25.0 Å². The Hall–Kier alpha value is -4.84. The van der Waals surface area contributed by atoms with Gasteiger partial charge in [0.2, 0.25) is 0 Å². The lowest BCUT2D eigenvalue weighted by Crippen LogP contribution is -2.48. The minimum Gasteiger partial charge on any atom is -0.505 e. The molecule has 2 aliphatic heterocycles. The Morgan fingerprint density at radius 3 is 2.79 bits per heavy atom. The van der Waals surface area contributed by atoms with E-state index in [4.69, 9.17) is 4.98 Å². The summed E-state index contributed by atoms with van der Waals surface area (Å²) in [6, 6.07) is 8.59. The van der Waals surface area contributed by atoms with E-state index < -0.39 is 5.82 Å². The summed E-state index contributed by atoms with van der Waals surface area (Å²) in [5.74, 6) is 0.370. The van der Waals surface area contributed by atoms with Crippen molar-refractivity contribution in [3.8, 4) is 28.4 Å². The SMILES string of the molecule is CCc1cc(O)c(F)cc1-c1ccc2c(-c3nc4c([nH]3)CN(C(=O)c3cnc(N5CC(CO)C5)cn3)CC4)n[nH]c2c1. The number of aromatic amines is 2. The summed E-state index contributed by atoms with van der Waals surface area (Å²) >= 11 is 0. The van der Waals surface area contributed by atoms with Gasteiger partial charge in [0.15, 0.2) is 17.4 Å². The third-order valence-corrected chi connectivity index (χ3v) is 8.17. The van der Waals surface area contributed by atoms with Crippen molar-refractivity contribution in [1.29, 1.82) is 0 Å². The Labute approximate surface area is 240 Å². The first-order valence-electron chi connectivity index (χ1n) is 14.0. The van der Waals surface area contributed by atoms with Crippen LogP contribution in [-0.4, -0.2) is 77.4 Å². The zero-order chi connectivity index (χ0) is 29.0. The molecule has 7 rings (SSSR count). The van der Waals surface area contributed by atoms with Crippen LogP contribution in [0.5, 0.6) is 5.75 Å². The molecule has 42 heavy (non-hydrogen) atoms. The first kappa shape index (κ1) is 26.1. The molecule has 11 nitrogen and oxygen atoms in total. The number of nitrogens with zero attached hydrogens (tertiary/aromatic N) is 6. The number of fused-ring (bicyclic) bond motifs is 2. The van der Waals surface area contributed by atoms with Gasteiger partial charge in [-0.25, -0.2) is 19.3 Å². The van der Waals surface area contributed by atoms with Gasteiger partial charge in [0.05, 0.1) is 35.8 Å². The van der Waals surface area contributed by atoms with Crippen molar-refractivity contribution in [3.05, 3.63) is 71.2 Å². The molecule has 1 saturated heterocycles. The lowest BCUT2D eigenvalue weighted by Gasteiger charge is -2.38. The molecule has 5 aromatic rings. The van der Waals surface area contributed by atoms with Crippen molar-refractivity contribution in [2.75, 3.05) is 31.1 Å². The second-order valence-corrected chi connectivity index (χ2v) is 10.8.